The average molecular weight is 408 g/mol. The molecule has 0 saturated heterocycles. The van der Waals surface area contributed by atoms with Gasteiger partial charge in [0.1, 0.15) is 5.82 Å². The van der Waals surface area contributed by atoms with Crippen molar-refractivity contribution in [1.29, 1.82) is 0 Å². The summed E-state index contributed by atoms with van der Waals surface area (Å²) in [5.74, 6) is -0.169. The maximum Gasteiger partial charge on any atom is 0.131 e. The summed E-state index contributed by atoms with van der Waals surface area (Å²) in [6, 6.07) is 19.3. The van der Waals surface area contributed by atoms with E-state index >= 15 is 0 Å². The molecule has 0 radical (unpaired) electrons. The Kier molecular flexibility index (Phi) is 4.41. The third kappa shape index (κ3) is 3.19. The zero-order valence-electron chi connectivity index (χ0n) is 11.2. The van der Waals surface area contributed by atoms with E-state index in [0.29, 0.717) is 5.39 Å². The molecule has 0 aliphatic heterocycles. The Morgan fingerprint density at radius 3 is 2.24 bits per heavy atom. The van der Waals surface area contributed by atoms with Crippen LogP contribution in [0.15, 0.2) is 65.1 Å². The Hall–Kier alpha value is -1.19. The van der Waals surface area contributed by atoms with Gasteiger partial charge >= 0.3 is 0 Å². The summed E-state index contributed by atoms with van der Waals surface area (Å²) in [5, 5.41) is 1.65. The molecule has 3 aromatic carbocycles. The van der Waals surface area contributed by atoms with Crippen LogP contribution in [0.25, 0.3) is 10.8 Å². The second-order valence-electron chi connectivity index (χ2n) is 4.98. The van der Waals surface area contributed by atoms with Gasteiger partial charge in [0.2, 0.25) is 0 Å². The molecule has 3 aromatic rings. The standard InChI is InChI=1S/C18H13Br2F/c19-13-7-5-12(6-8-13)11-17(20)15-9-10-18(21)16-4-2-1-3-14(15)16/h1-10,17H,11H2. The molecule has 21 heavy (non-hydrogen) atoms. The second-order valence-corrected chi connectivity index (χ2v) is 7.00. The van der Waals surface area contributed by atoms with Crippen LogP contribution in [0, 0.1) is 5.82 Å². The first-order valence-corrected chi connectivity index (χ1v) is 8.41. The smallest absolute Gasteiger partial charge is 0.131 e. The third-order valence-corrected chi connectivity index (χ3v) is 4.92. The maximum atomic E-state index is 13.9. The second kappa shape index (κ2) is 6.29. The van der Waals surface area contributed by atoms with Gasteiger partial charge in [-0.2, -0.15) is 0 Å². The van der Waals surface area contributed by atoms with E-state index in [1.165, 1.54) is 5.56 Å². The van der Waals surface area contributed by atoms with Gasteiger partial charge in [-0.05, 0) is 41.1 Å². The molecule has 1 atom stereocenters. The average Bonchev–Trinajstić information content (AvgIpc) is 2.50. The maximum absolute atomic E-state index is 13.9. The lowest BCUT2D eigenvalue weighted by atomic mass is 9.98. The molecule has 0 aliphatic carbocycles. The predicted octanol–water partition coefficient (Wildman–Crippen LogP) is 6.42. The molecule has 0 aliphatic rings. The molecule has 0 aromatic heterocycles. The van der Waals surface area contributed by atoms with E-state index in [9.17, 15) is 4.39 Å². The van der Waals surface area contributed by atoms with E-state index in [-0.39, 0.29) is 10.6 Å². The quantitative estimate of drug-likeness (QED) is 0.439. The molecule has 1 unspecified atom stereocenters. The Morgan fingerprint density at radius 2 is 1.52 bits per heavy atom. The highest BCUT2D eigenvalue weighted by Gasteiger charge is 2.13. The fraction of sp³-hybridized carbons (Fsp3) is 0.111. The summed E-state index contributed by atoms with van der Waals surface area (Å²) in [5.41, 5.74) is 2.36. The van der Waals surface area contributed by atoms with Crippen molar-refractivity contribution in [3.8, 4) is 0 Å². The lowest BCUT2D eigenvalue weighted by molar-refractivity contribution is 0.639. The topological polar surface area (TPSA) is 0 Å². The van der Waals surface area contributed by atoms with Crippen molar-refractivity contribution >= 4 is 42.6 Å². The van der Waals surface area contributed by atoms with Crippen LogP contribution in [0.4, 0.5) is 4.39 Å². The molecular formula is C18H13Br2F. The van der Waals surface area contributed by atoms with Crippen molar-refractivity contribution in [1.82, 2.24) is 0 Å². The first-order valence-electron chi connectivity index (χ1n) is 6.71. The molecule has 3 rings (SSSR count). The molecule has 0 saturated carbocycles. The minimum atomic E-state index is -0.169. The molecule has 0 fully saturated rings. The van der Waals surface area contributed by atoms with Gasteiger partial charge in [-0.25, -0.2) is 4.39 Å². The van der Waals surface area contributed by atoms with Crippen molar-refractivity contribution in [3.63, 3.8) is 0 Å². The van der Waals surface area contributed by atoms with Crippen LogP contribution in [0.1, 0.15) is 16.0 Å². The monoisotopic (exact) mass is 406 g/mol. The summed E-state index contributed by atoms with van der Waals surface area (Å²) >= 11 is 7.20. The van der Waals surface area contributed by atoms with Gasteiger partial charge in [0.25, 0.3) is 0 Å². The first kappa shape index (κ1) is 14.7. The van der Waals surface area contributed by atoms with E-state index in [0.717, 1.165) is 21.8 Å². The van der Waals surface area contributed by atoms with E-state index in [2.05, 4.69) is 44.0 Å². The lowest BCUT2D eigenvalue weighted by Crippen LogP contribution is -1.97. The van der Waals surface area contributed by atoms with Gasteiger partial charge in [-0.1, -0.05) is 74.3 Å². The highest BCUT2D eigenvalue weighted by atomic mass is 79.9. The van der Waals surface area contributed by atoms with Crippen molar-refractivity contribution < 1.29 is 4.39 Å². The van der Waals surface area contributed by atoms with Crippen LogP contribution in [-0.4, -0.2) is 0 Å². The summed E-state index contributed by atoms with van der Waals surface area (Å²) in [4.78, 5) is 0.157. The van der Waals surface area contributed by atoms with Crippen LogP contribution in [0.2, 0.25) is 0 Å². The van der Waals surface area contributed by atoms with Crippen molar-refractivity contribution in [2.24, 2.45) is 0 Å². The minimum Gasteiger partial charge on any atom is -0.206 e. The summed E-state index contributed by atoms with van der Waals surface area (Å²) < 4.78 is 15.0. The van der Waals surface area contributed by atoms with Crippen LogP contribution >= 0.6 is 31.9 Å². The van der Waals surface area contributed by atoms with E-state index in [1.807, 2.05) is 42.5 Å². The Labute approximate surface area is 140 Å². The highest BCUT2D eigenvalue weighted by Crippen LogP contribution is 2.33. The number of alkyl halides is 1. The molecule has 0 nitrogen and oxygen atoms in total. The van der Waals surface area contributed by atoms with Gasteiger partial charge in [0.05, 0.1) is 0 Å². The fourth-order valence-corrected chi connectivity index (χ4v) is 3.53. The molecule has 0 amide bonds. The van der Waals surface area contributed by atoms with Crippen LogP contribution in [0.5, 0.6) is 0 Å². The van der Waals surface area contributed by atoms with Crippen molar-refractivity contribution in [2.75, 3.05) is 0 Å². The molecule has 0 N–H and O–H groups in total. The van der Waals surface area contributed by atoms with Crippen LogP contribution in [-0.2, 0) is 6.42 Å². The largest absolute Gasteiger partial charge is 0.206 e. The van der Waals surface area contributed by atoms with Gasteiger partial charge in [-0.3, -0.25) is 0 Å². The Morgan fingerprint density at radius 1 is 0.857 bits per heavy atom. The summed E-state index contributed by atoms with van der Waals surface area (Å²) in [7, 11) is 0. The zero-order valence-corrected chi connectivity index (χ0v) is 14.4. The van der Waals surface area contributed by atoms with Crippen molar-refractivity contribution in [2.45, 2.75) is 11.2 Å². The van der Waals surface area contributed by atoms with Crippen LogP contribution < -0.4 is 0 Å². The molecule has 0 bridgehead atoms. The summed E-state index contributed by atoms with van der Waals surface area (Å²) in [6.45, 7) is 0. The normalized spacial score (nSPS) is 12.5. The zero-order chi connectivity index (χ0) is 14.8. The van der Waals surface area contributed by atoms with Gasteiger partial charge in [0, 0.05) is 14.7 Å². The molecular weight excluding hydrogens is 395 g/mol. The fourth-order valence-electron chi connectivity index (χ4n) is 2.50. The highest BCUT2D eigenvalue weighted by molar-refractivity contribution is 9.10. The minimum absolute atomic E-state index is 0.157. The molecule has 0 heterocycles. The van der Waals surface area contributed by atoms with Crippen molar-refractivity contribution in [3.05, 3.63) is 82.1 Å². The Balaban J connectivity index is 1.96. The molecule has 106 valence electrons. The molecule has 0 spiro atoms. The van der Waals surface area contributed by atoms with Gasteiger partial charge in [0.15, 0.2) is 0 Å². The number of benzene rings is 3. The number of halogens is 3. The van der Waals surface area contributed by atoms with Gasteiger partial charge < -0.3 is 0 Å². The summed E-state index contributed by atoms with van der Waals surface area (Å²) in [6.07, 6.45) is 0.864. The van der Waals surface area contributed by atoms with Crippen LogP contribution in [0.3, 0.4) is 0 Å². The van der Waals surface area contributed by atoms with E-state index in [4.69, 9.17) is 0 Å². The number of fused-ring (bicyclic) bond motifs is 1. The lowest BCUT2D eigenvalue weighted by Gasteiger charge is -2.14. The van der Waals surface area contributed by atoms with E-state index < -0.39 is 0 Å². The van der Waals surface area contributed by atoms with Gasteiger partial charge in [-0.15, -0.1) is 0 Å². The number of rotatable bonds is 3. The number of hydrogen-bond donors (Lipinski definition) is 0. The Bertz CT molecular complexity index is 766. The first-order chi connectivity index (χ1) is 10.1. The SMILES string of the molecule is Fc1ccc(C(Br)Cc2ccc(Br)cc2)c2ccccc12. The number of hydrogen-bond acceptors (Lipinski definition) is 0. The van der Waals surface area contributed by atoms with E-state index in [1.54, 1.807) is 6.07 Å². The molecule has 3 heteroatoms. The third-order valence-electron chi connectivity index (χ3n) is 3.57. The predicted molar refractivity (Wildman–Crippen MR) is 93.4 cm³/mol.